The Morgan fingerprint density at radius 3 is 2.75 bits per heavy atom. The lowest BCUT2D eigenvalue weighted by Gasteiger charge is -2.31. The van der Waals surface area contributed by atoms with E-state index in [4.69, 9.17) is 4.74 Å². The first-order chi connectivity index (χ1) is 7.64. The summed E-state index contributed by atoms with van der Waals surface area (Å²) in [6.07, 6.45) is 5.30. The highest BCUT2D eigenvalue weighted by atomic mass is 16.5. The number of hydrogen-bond acceptors (Lipinski definition) is 3. The largest absolute Gasteiger partial charge is 0.465 e. The third kappa shape index (κ3) is 3.21. The number of carbonyl (C=O) groups is 1. The van der Waals surface area contributed by atoms with Gasteiger partial charge in [0.25, 0.3) is 0 Å². The predicted octanol–water partition coefficient (Wildman–Crippen LogP) is 2.50. The zero-order chi connectivity index (χ0) is 12.0. The van der Waals surface area contributed by atoms with Crippen molar-refractivity contribution >= 4 is 5.97 Å². The molecule has 0 aromatic rings. The van der Waals surface area contributed by atoms with E-state index >= 15 is 0 Å². The lowest BCUT2D eigenvalue weighted by molar-refractivity contribution is -0.152. The molecule has 1 rings (SSSR count). The van der Waals surface area contributed by atoms with Gasteiger partial charge in [-0.05, 0) is 38.6 Å². The highest BCUT2D eigenvalue weighted by Gasteiger charge is 2.39. The lowest BCUT2D eigenvalue weighted by Crippen LogP contribution is -2.52. The van der Waals surface area contributed by atoms with Crippen LogP contribution >= 0.6 is 0 Å². The van der Waals surface area contributed by atoms with Crippen LogP contribution in [0.15, 0.2) is 0 Å². The maximum absolute atomic E-state index is 12.1. The van der Waals surface area contributed by atoms with Crippen molar-refractivity contribution in [1.29, 1.82) is 0 Å². The zero-order valence-corrected chi connectivity index (χ0v) is 10.8. The first kappa shape index (κ1) is 13.5. The van der Waals surface area contributed by atoms with Gasteiger partial charge in [0, 0.05) is 0 Å². The third-order valence-electron chi connectivity index (χ3n) is 3.55. The highest BCUT2D eigenvalue weighted by molar-refractivity contribution is 5.80. The molecule has 0 heterocycles. The van der Waals surface area contributed by atoms with Crippen molar-refractivity contribution in [3.8, 4) is 0 Å². The molecule has 3 heteroatoms. The quantitative estimate of drug-likeness (QED) is 0.592. The molecule has 16 heavy (non-hydrogen) atoms. The van der Waals surface area contributed by atoms with Crippen LogP contribution in [0, 0.1) is 5.92 Å². The van der Waals surface area contributed by atoms with Crippen LogP contribution in [0.4, 0.5) is 0 Å². The summed E-state index contributed by atoms with van der Waals surface area (Å²) in [5, 5.41) is 3.37. The van der Waals surface area contributed by atoms with Gasteiger partial charge in [0.15, 0.2) is 0 Å². The summed E-state index contributed by atoms with van der Waals surface area (Å²) in [5.41, 5.74) is -0.407. The van der Waals surface area contributed by atoms with Crippen LogP contribution in [-0.2, 0) is 9.53 Å². The number of carbonyl (C=O) groups excluding carboxylic acids is 1. The van der Waals surface area contributed by atoms with Crippen LogP contribution in [-0.4, -0.2) is 24.7 Å². The minimum Gasteiger partial charge on any atom is -0.465 e. The molecule has 0 aliphatic heterocycles. The van der Waals surface area contributed by atoms with Crippen LogP contribution in [0.2, 0.25) is 0 Å². The molecule has 0 aromatic carbocycles. The van der Waals surface area contributed by atoms with Crippen LogP contribution in [0.5, 0.6) is 0 Å². The van der Waals surface area contributed by atoms with Gasteiger partial charge in [-0.3, -0.25) is 4.79 Å². The average molecular weight is 227 g/mol. The number of rotatable bonds is 4. The molecule has 1 fully saturated rings. The van der Waals surface area contributed by atoms with Crippen molar-refractivity contribution < 1.29 is 9.53 Å². The van der Waals surface area contributed by atoms with Crippen molar-refractivity contribution in [3.63, 3.8) is 0 Å². The zero-order valence-electron chi connectivity index (χ0n) is 10.8. The fourth-order valence-electron chi connectivity index (χ4n) is 2.58. The summed E-state index contributed by atoms with van der Waals surface area (Å²) < 4.78 is 5.23. The number of nitrogens with one attached hydrogen (secondary N) is 1. The van der Waals surface area contributed by atoms with E-state index in [-0.39, 0.29) is 5.97 Å². The minimum absolute atomic E-state index is 0.0500. The fourth-order valence-corrected chi connectivity index (χ4v) is 2.58. The minimum atomic E-state index is -0.407. The van der Waals surface area contributed by atoms with Crippen LogP contribution in [0.3, 0.4) is 0 Å². The number of ether oxygens (including phenoxy) is 1. The first-order valence-electron chi connectivity index (χ1n) is 6.57. The maximum Gasteiger partial charge on any atom is 0.326 e. The Hall–Kier alpha value is -0.570. The van der Waals surface area contributed by atoms with Crippen molar-refractivity contribution in [2.24, 2.45) is 5.92 Å². The fraction of sp³-hybridized carbons (Fsp3) is 0.923. The molecule has 1 N–H and O–H groups in total. The van der Waals surface area contributed by atoms with Crippen LogP contribution < -0.4 is 5.32 Å². The van der Waals surface area contributed by atoms with Crippen LogP contribution in [0.1, 0.15) is 52.9 Å². The van der Waals surface area contributed by atoms with Gasteiger partial charge >= 0.3 is 5.97 Å². The SMILES string of the molecule is CCNC1(C(=O)OCC)CCCC(C)CC1. The van der Waals surface area contributed by atoms with E-state index in [0.29, 0.717) is 6.61 Å². The molecule has 1 saturated carbocycles. The van der Waals surface area contributed by atoms with E-state index in [2.05, 4.69) is 19.2 Å². The average Bonchev–Trinajstić information content (AvgIpc) is 2.43. The molecule has 0 amide bonds. The maximum atomic E-state index is 12.1. The Morgan fingerprint density at radius 2 is 2.12 bits per heavy atom. The van der Waals surface area contributed by atoms with Gasteiger partial charge in [0.05, 0.1) is 6.61 Å². The second-order valence-electron chi connectivity index (χ2n) is 4.87. The van der Waals surface area contributed by atoms with Crippen molar-refractivity contribution in [3.05, 3.63) is 0 Å². The van der Waals surface area contributed by atoms with Gasteiger partial charge in [0.1, 0.15) is 5.54 Å². The Bertz CT molecular complexity index is 230. The van der Waals surface area contributed by atoms with Crippen molar-refractivity contribution in [2.45, 2.75) is 58.4 Å². The molecule has 1 aliphatic carbocycles. The molecule has 0 aromatic heterocycles. The summed E-state index contributed by atoms with van der Waals surface area (Å²) in [5.74, 6) is 0.681. The van der Waals surface area contributed by atoms with Gasteiger partial charge in [0.2, 0.25) is 0 Å². The summed E-state index contributed by atoms with van der Waals surface area (Å²) in [7, 11) is 0. The highest BCUT2D eigenvalue weighted by Crippen LogP contribution is 2.31. The second kappa shape index (κ2) is 6.24. The molecular formula is C13H25NO2. The summed E-state index contributed by atoms with van der Waals surface area (Å²) in [6.45, 7) is 7.49. The predicted molar refractivity (Wildman–Crippen MR) is 65.3 cm³/mol. The smallest absolute Gasteiger partial charge is 0.326 e. The van der Waals surface area contributed by atoms with Gasteiger partial charge in [-0.1, -0.05) is 26.7 Å². The van der Waals surface area contributed by atoms with E-state index in [1.807, 2.05) is 6.92 Å². The van der Waals surface area contributed by atoms with Crippen molar-refractivity contribution in [1.82, 2.24) is 5.32 Å². The summed E-state index contributed by atoms with van der Waals surface area (Å²) >= 11 is 0. The van der Waals surface area contributed by atoms with E-state index in [1.165, 1.54) is 6.42 Å². The molecule has 0 radical (unpaired) electrons. The summed E-state index contributed by atoms with van der Waals surface area (Å²) in [6, 6.07) is 0. The molecule has 94 valence electrons. The molecule has 0 saturated heterocycles. The van der Waals surface area contributed by atoms with Gasteiger partial charge < -0.3 is 10.1 Å². The molecule has 1 aliphatic rings. The third-order valence-corrected chi connectivity index (χ3v) is 3.55. The lowest BCUT2D eigenvalue weighted by atomic mass is 9.89. The Kier molecular flexibility index (Phi) is 5.26. The van der Waals surface area contributed by atoms with Gasteiger partial charge in [-0.2, -0.15) is 0 Å². The monoisotopic (exact) mass is 227 g/mol. The molecule has 2 atom stereocenters. The van der Waals surface area contributed by atoms with Gasteiger partial charge in [-0.25, -0.2) is 0 Å². The van der Waals surface area contributed by atoms with Crippen molar-refractivity contribution in [2.75, 3.05) is 13.2 Å². The molecule has 2 unspecified atom stereocenters. The normalized spacial score (nSPS) is 30.8. The standard InChI is InChI=1S/C13H25NO2/c1-4-14-13(12(15)16-5-2)9-6-7-11(3)8-10-13/h11,14H,4-10H2,1-3H3. The Balaban J connectivity index is 2.73. The number of hydrogen-bond donors (Lipinski definition) is 1. The summed E-state index contributed by atoms with van der Waals surface area (Å²) in [4.78, 5) is 12.1. The topological polar surface area (TPSA) is 38.3 Å². The molecule has 0 bridgehead atoms. The van der Waals surface area contributed by atoms with E-state index in [0.717, 1.165) is 38.1 Å². The van der Waals surface area contributed by atoms with E-state index in [9.17, 15) is 4.79 Å². The molecule has 0 spiro atoms. The number of likely N-dealkylation sites (N-methyl/N-ethyl adjacent to an activating group) is 1. The second-order valence-corrected chi connectivity index (χ2v) is 4.87. The Morgan fingerprint density at radius 1 is 1.38 bits per heavy atom. The van der Waals surface area contributed by atoms with Crippen LogP contribution in [0.25, 0.3) is 0 Å². The Labute approximate surface area is 98.9 Å². The first-order valence-corrected chi connectivity index (χ1v) is 6.57. The number of esters is 1. The van der Waals surface area contributed by atoms with Gasteiger partial charge in [-0.15, -0.1) is 0 Å². The van der Waals surface area contributed by atoms with E-state index in [1.54, 1.807) is 0 Å². The molecule has 3 nitrogen and oxygen atoms in total. The van der Waals surface area contributed by atoms with E-state index < -0.39 is 5.54 Å². The molecular weight excluding hydrogens is 202 g/mol.